The van der Waals surface area contributed by atoms with Crippen molar-refractivity contribution in [2.75, 3.05) is 27.3 Å². The Labute approximate surface area is 148 Å². The molecule has 0 aliphatic heterocycles. The van der Waals surface area contributed by atoms with Gasteiger partial charge in [-0.3, -0.25) is 19.2 Å². The normalized spacial score (nSPS) is 9.96. The number of halogens is 1. The van der Waals surface area contributed by atoms with Gasteiger partial charge < -0.3 is 14.4 Å². The fourth-order valence-corrected chi connectivity index (χ4v) is 2.10. The van der Waals surface area contributed by atoms with Crippen molar-refractivity contribution in [3.05, 3.63) is 34.3 Å². The van der Waals surface area contributed by atoms with Gasteiger partial charge in [-0.25, -0.2) is 0 Å². The average molecular weight is 400 g/mol. The number of ether oxygens (including phenoxy) is 2. The number of rotatable bonds is 8. The van der Waals surface area contributed by atoms with E-state index in [0.717, 1.165) is 9.37 Å². The van der Waals surface area contributed by atoms with Gasteiger partial charge in [0.15, 0.2) is 5.78 Å². The fraction of sp³-hybridized carbons (Fsp3) is 0.375. The number of nitrogens with zero attached hydrogens (tertiary/aromatic N) is 1. The summed E-state index contributed by atoms with van der Waals surface area (Å²) in [5.74, 6) is -2.03. The molecule has 24 heavy (non-hydrogen) atoms. The lowest BCUT2D eigenvalue weighted by Crippen LogP contribution is -2.40. The monoisotopic (exact) mass is 399 g/mol. The second-order valence-electron chi connectivity index (χ2n) is 4.83. The molecule has 8 heteroatoms. The first-order chi connectivity index (χ1) is 11.4. The van der Waals surface area contributed by atoms with Gasteiger partial charge in [-0.15, -0.1) is 0 Å². The summed E-state index contributed by atoms with van der Waals surface area (Å²) in [6, 6.07) is 6.76. The number of esters is 2. The van der Waals surface area contributed by atoms with Gasteiger partial charge in [0, 0.05) is 22.9 Å². The summed E-state index contributed by atoms with van der Waals surface area (Å²) in [5.41, 5.74) is 0.485. The number of ketones is 1. The molecule has 0 aliphatic rings. The zero-order chi connectivity index (χ0) is 18.1. The Morgan fingerprint density at radius 2 is 1.42 bits per heavy atom. The quantitative estimate of drug-likeness (QED) is 0.486. The van der Waals surface area contributed by atoms with E-state index in [9.17, 15) is 19.2 Å². The first-order valence-corrected chi connectivity index (χ1v) is 7.86. The van der Waals surface area contributed by atoms with Crippen LogP contribution in [-0.4, -0.2) is 55.8 Å². The molecule has 7 nitrogen and oxygen atoms in total. The highest BCUT2D eigenvalue weighted by atomic mass is 79.9. The van der Waals surface area contributed by atoms with Crippen molar-refractivity contribution in [2.45, 2.75) is 12.8 Å². The molecular formula is C16H18BrNO6. The van der Waals surface area contributed by atoms with E-state index in [0.29, 0.717) is 5.56 Å². The second kappa shape index (κ2) is 9.82. The van der Waals surface area contributed by atoms with Crippen LogP contribution in [0.3, 0.4) is 0 Å². The van der Waals surface area contributed by atoms with Crippen LogP contribution >= 0.6 is 15.9 Å². The van der Waals surface area contributed by atoms with Crippen LogP contribution in [0, 0.1) is 0 Å². The van der Waals surface area contributed by atoms with Crippen LogP contribution in [-0.2, 0) is 23.9 Å². The Kier molecular flexibility index (Phi) is 8.11. The maximum Gasteiger partial charge on any atom is 0.325 e. The average Bonchev–Trinajstić information content (AvgIpc) is 2.58. The molecule has 0 bridgehead atoms. The van der Waals surface area contributed by atoms with Gasteiger partial charge in [-0.05, 0) is 12.1 Å². The summed E-state index contributed by atoms with van der Waals surface area (Å²) in [5, 5.41) is 0. The topological polar surface area (TPSA) is 90.0 Å². The number of carbonyl (C=O) groups excluding carboxylic acids is 4. The molecule has 0 saturated carbocycles. The molecule has 0 unspecified atom stereocenters. The molecule has 1 aromatic rings. The minimum Gasteiger partial charge on any atom is -0.468 e. The fourth-order valence-electron chi connectivity index (χ4n) is 1.83. The highest BCUT2D eigenvalue weighted by molar-refractivity contribution is 9.10. The van der Waals surface area contributed by atoms with Crippen LogP contribution in [0.5, 0.6) is 0 Å². The summed E-state index contributed by atoms with van der Waals surface area (Å²) in [6.07, 6.45) is -0.151. The summed E-state index contributed by atoms with van der Waals surface area (Å²) < 4.78 is 9.84. The number of Topliss-reactive ketones (excluding diaryl/α,β-unsaturated/α-hetero) is 1. The molecule has 1 amide bonds. The largest absolute Gasteiger partial charge is 0.468 e. The van der Waals surface area contributed by atoms with E-state index in [1.165, 1.54) is 14.2 Å². The zero-order valence-electron chi connectivity index (χ0n) is 13.4. The SMILES string of the molecule is COC(=O)CN(CC(=O)OC)C(=O)CCC(=O)c1ccc(Br)cc1. The third-order valence-electron chi connectivity index (χ3n) is 3.18. The Balaban J connectivity index is 2.65. The molecule has 0 aromatic heterocycles. The van der Waals surface area contributed by atoms with Crippen molar-refractivity contribution in [1.29, 1.82) is 0 Å². The minimum atomic E-state index is -0.661. The van der Waals surface area contributed by atoms with E-state index >= 15 is 0 Å². The van der Waals surface area contributed by atoms with Crippen molar-refractivity contribution >= 4 is 39.6 Å². The molecule has 0 atom stereocenters. The van der Waals surface area contributed by atoms with Gasteiger partial charge in [-0.1, -0.05) is 28.1 Å². The smallest absolute Gasteiger partial charge is 0.325 e. The molecule has 0 N–H and O–H groups in total. The van der Waals surface area contributed by atoms with Crippen LogP contribution in [0.4, 0.5) is 0 Å². The van der Waals surface area contributed by atoms with Gasteiger partial charge in [0.05, 0.1) is 14.2 Å². The molecular weight excluding hydrogens is 382 g/mol. The first-order valence-electron chi connectivity index (χ1n) is 7.07. The minimum absolute atomic E-state index is 0.0285. The van der Waals surface area contributed by atoms with Gasteiger partial charge in [0.25, 0.3) is 0 Å². The van der Waals surface area contributed by atoms with E-state index in [1.54, 1.807) is 24.3 Å². The predicted octanol–water partition coefficient (Wildman–Crippen LogP) is 1.59. The summed E-state index contributed by atoms with van der Waals surface area (Å²) in [4.78, 5) is 48.0. The number of benzene rings is 1. The van der Waals surface area contributed by atoms with Gasteiger partial charge in [-0.2, -0.15) is 0 Å². The van der Waals surface area contributed by atoms with Crippen LogP contribution in [0.15, 0.2) is 28.7 Å². The Hall–Kier alpha value is -2.22. The van der Waals surface area contributed by atoms with E-state index in [1.807, 2.05) is 0 Å². The Morgan fingerprint density at radius 1 is 0.917 bits per heavy atom. The van der Waals surface area contributed by atoms with Crippen LogP contribution in [0.1, 0.15) is 23.2 Å². The Morgan fingerprint density at radius 3 is 1.88 bits per heavy atom. The molecule has 0 fully saturated rings. The maximum atomic E-state index is 12.2. The molecule has 0 radical (unpaired) electrons. The number of amides is 1. The molecule has 1 rings (SSSR count). The summed E-state index contributed by atoms with van der Waals surface area (Å²) >= 11 is 3.28. The number of hydrogen-bond donors (Lipinski definition) is 0. The third-order valence-corrected chi connectivity index (χ3v) is 3.71. The third kappa shape index (κ3) is 6.49. The van der Waals surface area contributed by atoms with E-state index in [2.05, 4.69) is 25.4 Å². The van der Waals surface area contributed by atoms with Gasteiger partial charge >= 0.3 is 11.9 Å². The van der Waals surface area contributed by atoms with Crippen molar-refractivity contribution in [3.8, 4) is 0 Å². The van der Waals surface area contributed by atoms with Crippen molar-refractivity contribution < 1.29 is 28.7 Å². The van der Waals surface area contributed by atoms with Crippen LogP contribution in [0.25, 0.3) is 0 Å². The molecule has 1 aromatic carbocycles. The zero-order valence-corrected chi connectivity index (χ0v) is 15.0. The maximum absolute atomic E-state index is 12.2. The lowest BCUT2D eigenvalue weighted by Gasteiger charge is -2.19. The lowest BCUT2D eigenvalue weighted by molar-refractivity contribution is -0.152. The standard InChI is InChI=1S/C16H18BrNO6/c1-23-15(21)9-18(10-16(22)24-2)14(20)8-7-13(19)11-3-5-12(17)6-4-11/h3-6H,7-10H2,1-2H3. The molecule has 0 aliphatic carbocycles. The molecule has 0 heterocycles. The van der Waals surface area contributed by atoms with Crippen molar-refractivity contribution in [1.82, 2.24) is 4.90 Å². The number of methoxy groups -OCH3 is 2. The van der Waals surface area contributed by atoms with E-state index < -0.39 is 17.8 Å². The van der Waals surface area contributed by atoms with E-state index in [-0.39, 0.29) is 31.7 Å². The van der Waals surface area contributed by atoms with E-state index in [4.69, 9.17) is 0 Å². The Bertz CT molecular complexity index is 595. The van der Waals surface area contributed by atoms with Gasteiger partial charge in [0.2, 0.25) is 5.91 Å². The highest BCUT2D eigenvalue weighted by Crippen LogP contribution is 2.13. The van der Waals surface area contributed by atoms with Crippen LogP contribution < -0.4 is 0 Å². The first kappa shape index (κ1) is 19.8. The van der Waals surface area contributed by atoms with Crippen LogP contribution in [0.2, 0.25) is 0 Å². The molecule has 0 saturated heterocycles. The number of carbonyl (C=O) groups is 4. The summed E-state index contributed by atoms with van der Waals surface area (Å²) in [7, 11) is 2.36. The molecule has 130 valence electrons. The number of hydrogen-bond acceptors (Lipinski definition) is 6. The predicted molar refractivity (Wildman–Crippen MR) is 88.3 cm³/mol. The summed E-state index contributed by atoms with van der Waals surface area (Å²) in [6.45, 7) is -0.756. The van der Waals surface area contributed by atoms with Crippen molar-refractivity contribution in [3.63, 3.8) is 0 Å². The van der Waals surface area contributed by atoms with Crippen molar-refractivity contribution in [2.24, 2.45) is 0 Å². The highest BCUT2D eigenvalue weighted by Gasteiger charge is 2.21. The van der Waals surface area contributed by atoms with Gasteiger partial charge in [0.1, 0.15) is 13.1 Å². The second-order valence-corrected chi connectivity index (χ2v) is 5.75. The molecule has 0 spiro atoms. The lowest BCUT2D eigenvalue weighted by atomic mass is 10.1.